The molecule has 1 aliphatic rings. The molecular weight excluding hydrogens is 222 g/mol. The molecule has 1 saturated heterocycles. The molecule has 0 unspecified atom stereocenters. The first-order valence-corrected chi connectivity index (χ1v) is 6.14. The van der Waals surface area contributed by atoms with Crippen LogP contribution in [0.15, 0.2) is 30.3 Å². The van der Waals surface area contributed by atoms with Crippen molar-refractivity contribution < 1.29 is 0 Å². The van der Waals surface area contributed by atoms with E-state index in [4.69, 9.17) is 10.5 Å². The number of benzene rings is 1. The molecule has 0 spiro atoms. The topological polar surface area (TPSA) is 50.8 Å². The summed E-state index contributed by atoms with van der Waals surface area (Å²) in [6.07, 6.45) is 1.38. The molecule has 18 heavy (non-hydrogen) atoms. The largest absolute Gasteiger partial charge is 0.306 e. The van der Waals surface area contributed by atoms with Crippen molar-refractivity contribution in [2.75, 3.05) is 20.1 Å². The fourth-order valence-electron chi connectivity index (χ4n) is 1.78. The van der Waals surface area contributed by atoms with Gasteiger partial charge in [-0.1, -0.05) is 35.9 Å². The zero-order valence-corrected chi connectivity index (χ0v) is 11.1. The molecule has 2 rings (SSSR count). The summed E-state index contributed by atoms with van der Waals surface area (Å²) in [5.41, 5.74) is 0.634. The number of hydrogen-bond acceptors (Lipinski definition) is 3. The van der Waals surface area contributed by atoms with Crippen molar-refractivity contribution in [2.45, 2.75) is 19.8 Å². The molecule has 0 radical (unpaired) electrons. The van der Waals surface area contributed by atoms with E-state index in [0.29, 0.717) is 12.8 Å². The maximum absolute atomic E-state index is 8.74. The highest BCUT2D eigenvalue weighted by molar-refractivity contribution is 5.15. The van der Waals surface area contributed by atoms with Gasteiger partial charge in [0.15, 0.2) is 0 Å². The number of nitriles is 2. The second-order valence-electron chi connectivity index (χ2n) is 4.76. The van der Waals surface area contributed by atoms with Crippen LogP contribution in [0.4, 0.5) is 0 Å². The summed E-state index contributed by atoms with van der Waals surface area (Å²) in [7, 11) is 2.01. The van der Waals surface area contributed by atoms with Crippen LogP contribution in [0.25, 0.3) is 0 Å². The molecule has 0 amide bonds. The minimum atomic E-state index is -0.688. The first-order valence-electron chi connectivity index (χ1n) is 6.14. The van der Waals surface area contributed by atoms with Gasteiger partial charge in [-0.15, -0.1) is 0 Å². The molecular formula is C15H19N3. The van der Waals surface area contributed by atoms with Crippen LogP contribution in [-0.2, 0) is 0 Å². The predicted molar refractivity (Wildman–Crippen MR) is 71.6 cm³/mol. The third kappa shape index (κ3) is 4.20. The Morgan fingerprint density at radius 2 is 1.56 bits per heavy atom. The van der Waals surface area contributed by atoms with Crippen molar-refractivity contribution in [3.8, 4) is 12.1 Å². The van der Waals surface area contributed by atoms with Crippen molar-refractivity contribution in [1.82, 2.24) is 4.90 Å². The summed E-state index contributed by atoms with van der Waals surface area (Å²) >= 11 is 0. The highest BCUT2D eigenvalue weighted by Gasteiger charge is 2.33. The van der Waals surface area contributed by atoms with Gasteiger partial charge in [-0.05, 0) is 26.8 Å². The Labute approximate surface area is 109 Å². The molecule has 0 aromatic heterocycles. The van der Waals surface area contributed by atoms with Crippen LogP contribution >= 0.6 is 0 Å². The minimum absolute atomic E-state index is 0.688. The van der Waals surface area contributed by atoms with Gasteiger partial charge in [0.2, 0.25) is 0 Å². The zero-order chi connectivity index (χ0) is 13.4. The number of rotatable bonds is 0. The molecule has 1 aromatic carbocycles. The monoisotopic (exact) mass is 241 g/mol. The summed E-state index contributed by atoms with van der Waals surface area (Å²) in [5, 5.41) is 17.5. The summed E-state index contributed by atoms with van der Waals surface area (Å²) in [6.45, 7) is 3.81. The Hall–Kier alpha value is -1.84. The molecule has 94 valence electrons. The average Bonchev–Trinajstić information content (AvgIpc) is 2.42. The van der Waals surface area contributed by atoms with E-state index < -0.39 is 5.41 Å². The predicted octanol–water partition coefficient (Wildman–Crippen LogP) is 2.74. The lowest BCUT2D eigenvalue weighted by Crippen LogP contribution is -2.36. The molecule has 1 heterocycles. The van der Waals surface area contributed by atoms with Crippen LogP contribution < -0.4 is 0 Å². The second kappa shape index (κ2) is 6.79. The maximum Gasteiger partial charge on any atom is 0.146 e. The Morgan fingerprint density at radius 3 is 1.89 bits per heavy atom. The van der Waals surface area contributed by atoms with E-state index in [0.717, 1.165) is 13.1 Å². The van der Waals surface area contributed by atoms with Crippen molar-refractivity contribution in [3.63, 3.8) is 0 Å². The fourth-order valence-corrected chi connectivity index (χ4v) is 1.78. The highest BCUT2D eigenvalue weighted by Crippen LogP contribution is 2.28. The molecule has 3 nitrogen and oxygen atoms in total. The quantitative estimate of drug-likeness (QED) is 0.701. The van der Waals surface area contributed by atoms with E-state index >= 15 is 0 Å². The minimum Gasteiger partial charge on any atom is -0.306 e. The van der Waals surface area contributed by atoms with Gasteiger partial charge in [0.1, 0.15) is 5.41 Å². The summed E-state index contributed by atoms with van der Waals surface area (Å²) in [6, 6.07) is 14.5. The molecule has 0 aliphatic carbocycles. The van der Waals surface area contributed by atoms with Crippen LogP contribution in [0.3, 0.4) is 0 Å². The van der Waals surface area contributed by atoms with E-state index in [1.165, 1.54) is 5.56 Å². The van der Waals surface area contributed by atoms with Gasteiger partial charge in [-0.25, -0.2) is 0 Å². The molecule has 0 bridgehead atoms. The normalized spacial score (nSPS) is 17.8. The summed E-state index contributed by atoms with van der Waals surface area (Å²) in [5.74, 6) is 0. The van der Waals surface area contributed by atoms with Gasteiger partial charge >= 0.3 is 0 Å². The van der Waals surface area contributed by atoms with Crippen molar-refractivity contribution in [1.29, 1.82) is 10.5 Å². The van der Waals surface area contributed by atoms with Gasteiger partial charge in [-0.3, -0.25) is 0 Å². The number of aryl methyl sites for hydroxylation is 1. The maximum atomic E-state index is 8.74. The number of nitrogens with zero attached hydrogens (tertiary/aromatic N) is 3. The Morgan fingerprint density at radius 1 is 1.06 bits per heavy atom. The van der Waals surface area contributed by atoms with E-state index in [1.54, 1.807) is 0 Å². The lowest BCUT2D eigenvalue weighted by atomic mass is 9.81. The van der Waals surface area contributed by atoms with Crippen molar-refractivity contribution in [2.24, 2.45) is 5.41 Å². The fraction of sp³-hybridized carbons (Fsp3) is 0.467. The van der Waals surface area contributed by atoms with Gasteiger partial charge < -0.3 is 4.90 Å². The molecule has 1 fully saturated rings. The Bertz CT molecular complexity index is 415. The van der Waals surface area contributed by atoms with E-state index in [9.17, 15) is 0 Å². The molecule has 1 aromatic rings. The van der Waals surface area contributed by atoms with Crippen LogP contribution in [0.5, 0.6) is 0 Å². The van der Waals surface area contributed by atoms with E-state index in [2.05, 4.69) is 36.1 Å². The van der Waals surface area contributed by atoms with Crippen LogP contribution in [0.2, 0.25) is 0 Å². The van der Waals surface area contributed by atoms with Gasteiger partial charge in [0, 0.05) is 13.1 Å². The van der Waals surface area contributed by atoms with Crippen molar-refractivity contribution >= 4 is 0 Å². The van der Waals surface area contributed by atoms with Crippen LogP contribution in [0.1, 0.15) is 18.4 Å². The number of piperidine rings is 1. The summed E-state index contributed by atoms with van der Waals surface area (Å²) in [4.78, 5) is 2.15. The molecule has 1 aliphatic heterocycles. The Balaban J connectivity index is 0.000000199. The molecule has 3 heteroatoms. The van der Waals surface area contributed by atoms with Gasteiger partial charge in [0.05, 0.1) is 12.1 Å². The average molecular weight is 241 g/mol. The number of likely N-dealkylation sites (tertiary alicyclic amines) is 1. The van der Waals surface area contributed by atoms with Gasteiger partial charge in [0.25, 0.3) is 0 Å². The molecule has 0 N–H and O–H groups in total. The van der Waals surface area contributed by atoms with Crippen molar-refractivity contribution in [3.05, 3.63) is 35.9 Å². The zero-order valence-electron chi connectivity index (χ0n) is 11.1. The van der Waals surface area contributed by atoms with Crippen LogP contribution in [-0.4, -0.2) is 25.0 Å². The van der Waals surface area contributed by atoms with E-state index in [1.807, 2.05) is 25.2 Å². The summed E-state index contributed by atoms with van der Waals surface area (Å²) < 4.78 is 0. The first-order chi connectivity index (χ1) is 8.62. The van der Waals surface area contributed by atoms with E-state index in [-0.39, 0.29) is 0 Å². The third-order valence-corrected chi connectivity index (χ3v) is 3.21. The lowest BCUT2D eigenvalue weighted by Gasteiger charge is -2.30. The number of hydrogen-bond donors (Lipinski definition) is 0. The highest BCUT2D eigenvalue weighted by atomic mass is 15.1. The second-order valence-corrected chi connectivity index (χ2v) is 4.76. The van der Waals surface area contributed by atoms with Crippen LogP contribution in [0, 0.1) is 35.0 Å². The Kier molecular flexibility index (Phi) is 5.36. The van der Waals surface area contributed by atoms with Gasteiger partial charge in [-0.2, -0.15) is 10.5 Å². The SMILES string of the molecule is CN1CCC(C#N)(C#N)CC1.Cc1ccccc1. The lowest BCUT2D eigenvalue weighted by molar-refractivity contribution is 0.210. The molecule has 0 atom stereocenters. The smallest absolute Gasteiger partial charge is 0.146 e. The standard InChI is InChI=1S/C8H11N3.C7H8/c1-11-4-2-8(6-9,7-10)3-5-11;1-7-5-3-2-4-6-7/h2-5H2,1H3;2-6H,1H3. The molecule has 0 saturated carbocycles. The first kappa shape index (κ1) is 14.2. The third-order valence-electron chi connectivity index (χ3n) is 3.21.